The number of amides is 1. The fourth-order valence-corrected chi connectivity index (χ4v) is 3.96. The molecule has 0 radical (unpaired) electrons. The van der Waals surface area contributed by atoms with Gasteiger partial charge in [0.2, 0.25) is 5.91 Å². The third kappa shape index (κ3) is 4.93. The molecule has 1 aromatic carbocycles. The molecule has 0 spiro atoms. The van der Waals surface area contributed by atoms with Gasteiger partial charge in [-0.1, -0.05) is 0 Å². The van der Waals surface area contributed by atoms with Crippen LogP contribution in [0.3, 0.4) is 0 Å². The molecule has 2 rings (SSSR count). The average Bonchev–Trinajstić information content (AvgIpc) is 2.46. The molecule has 1 saturated heterocycles. The highest BCUT2D eigenvalue weighted by Gasteiger charge is 2.28. The number of thioether (sulfide) groups is 2. The van der Waals surface area contributed by atoms with Gasteiger partial charge in [0.05, 0.1) is 18.2 Å². The summed E-state index contributed by atoms with van der Waals surface area (Å²) < 4.78 is 12.8. The number of carbonyl (C=O) groups excluding carboxylic acids is 1. The second-order valence-electron chi connectivity index (χ2n) is 4.66. The number of carbonyl (C=O) groups is 2. The minimum Gasteiger partial charge on any atom is -0.481 e. The number of rotatable bonds is 5. The van der Waals surface area contributed by atoms with Crippen LogP contribution in [0.4, 0.5) is 4.39 Å². The Bertz CT molecular complexity index is 509. The summed E-state index contributed by atoms with van der Waals surface area (Å²) in [5.74, 6) is 0.497. The SMILES string of the molecule is O=C(O)CC1CSCCN1C(=O)CSc1ccc(F)cc1. The van der Waals surface area contributed by atoms with Gasteiger partial charge >= 0.3 is 5.97 Å². The van der Waals surface area contributed by atoms with E-state index in [-0.39, 0.29) is 29.9 Å². The van der Waals surface area contributed by atoms with Crippen molar-refractivity contribution in [1.29, 1.82) is 0 Å². The van der Waals surface area contributed by atoms with E-state index in [4.69, 9.17) is 5.11 Å². The van der Waals surface area contributed by atoms with Crippen LogP contribution in [0.15, 0.2) is 29.2 Å². The smallest absolute Gasteiger partial charge is 0.305 e. The molecule has 1 atom stereocenters. The number of hydrogen-bond acceptors (Lipinski definition) is 4. The molecule has 1 fully saturated rings. The summed E-state index contributed by atoms with van der Waals surface area (Å²) in [4.78, 5) is 25.6. The Kier molecular flexibility index (Phi) is 5.93. The minimum absolute atomic E-state index is 0.0139. The number of hydrogen-bond donors (Lipinski definition) is 1. The van der Waals surface area contributed by atoms with Gasteiger partial charge in [-0.2, -0.15) is 11.8 Å². The first kappa shape index (κ1) is 16.2. The van der Waals surface area contributed by atoms with Crippen LogP contribution in [0.5, 0.6) is 0 Å². The van der Waals surface area contributed by atoms with Crippen molar-refractivity contribution in [3.63, 3.8) is 0 Å². The first-order valence-electron chi connectivity index (χ1n) is 6.53. The molecule has 21 heavy (non-hydrogen) atoms. The molecule has 1 heterocycles. The molecule has 0 saturated carbocycles. The first-order chi connectivity index (χ1) is 10.1. The normalized spacial score (nSPS) is 18.5. The van der Waals surface area contributed by atoms with Crippen molar-refractivity contribution in [2.45, 2.75) is 17.4 Å². The van der Waals surface area contributed by atoms with Crippen molar-refractivity contribution < 1.29 is 19.1 Å². The predicted molar refractivity (Wildman–Crippen MR) is 82.2 cm³/mol. The van der Waals surface area contributed by atoms with Crippen molar-refractivity contribution in [1.82, 2.24) is 4.90 Å². The van der Waals surface area contributed by atoms with Gasteiger partial charge in [-0.05, 0) is 24.3 Å². The minimum atomic E-state index is -0.883. The zero-order valence-corrected chi connectivity index (χ0v) is 13.0. The van der Waals surface area contributed by atoms with Crippen LogP contribution in [0.1, 0.15) is 6.42 Å². The third-order valence-electron chi connectivity index (χ3n) is 3.13. The summed E-state index contributed by atoms with van der Waals surface area (Å²) >= 11 is 3.02. The van der Waals surface area contributed by atoms with Gasteiger partial charge in [0.15, 0.2) is 0 Å². The number of carboxylic acid groups (broad SMARTS) is 1. The van der Waals surface area contributed by atoms with Gasteiger partial charge in [-0.15, -0.1) is 11.8 Å². The largest absolute Gasteiger partial charge is 0.481 e. The quantitative estimate of drug-likeness (QED) is 0.840. The lowest BCUT2D eigenvalue weighted by Gasteiger charge is -2.34. The summed E-state index contributed by atoms with van der Waals surface area (Å²) in [5.41, 5.74) is 0. The second kappa shape index (κ2) is 7.70. The summed E-state index contributed by atoms with van der Waals surface area (Å²) in [5, 5.41) is 8.91. The molecule has 1 unspecified atom stereocenters. The fourth-order valence-electron chi connectivity index (χ4n) is 2.11. The van der Waals surface area contributed by atoms with Gasteiger partial charge in [-0.25, -0.2) is 4.39 Å². The van der Waals surface area contributed by atoms with E-state index in [0.717, 1.165) is 10.6 Å². The molecule has 7 heteroatoms. The van der Waals surface area contributed by atoms with E-state index < -0.39 is 5.97 Å². The topological polar surface area (TPSA) is 57.6 Å². The van der Waals surface area contributed by atoms with Gasteiger partial charge < -0.3 is 10.0 Å². The zero-order chi connectivity index (χ0) is 15.2. The summed E-state index contributed by atoms with van der Waals surface area (Å²) in [6, 6.07) is 5.75. The highest BCUT2D eigenvalue weighted by Crippen LogP contribution is 2.23. The molecule has 1 aliphatic rings. The molecule has 0 bridgehead atoms. The highest BCUT2D eigenvalue weighted by molar-refractivity contribution is 8.00. The lowest BCUT2D eigenvalue weighted by Crippen LogP contribution is -2.47. The van der Waals surface area contributed by atoms with Gasteiger partial charge in [0.1, 0.15) is 5.82 Å². The average molecular weight is 329 g/mol. The number of benzene rings is 1. The summed E-state index contributed by atoms with van der Waals surface area (Å²) in [6.45, 7) is 0.589. The van der Waals surface area contributed by atoms with Crippen molar-refractivity contribution in [2.75, 3.05) is 23.8 Å². The Labute approximate surface area is 131 Å². The van der Waals surface area contributed by atoms with Crippen molar-refractivity contribution in [3.8, 4) is 0 Å². The van der Waals surface area contributed by atoms with E-state index >= 15 is 0 Å². The van der Waals surface area contributed by atoms with Crippen LogP contribution in [0, 0.1) is 5.82 Å². The molecule has 0 aliphatic carbocycles. The van der Waals surface area contributed by atoms with E-state index in [1.807, 2.05) is 0 Å². The van der Waals surface area contributed by atoms with Gasteiger partial charge in [-0.3, -0.25) is 9.59 Å². The van der Waals surface area contributed by atoms with E-state index in [1.54, 1.807) is 28.8 Å². The van der Waals surface area contributed by atoms with E-state index in [1.165, 1.54) is 23.9 Å². The molecule has 1 amide bonds. The standard InChI is InChI=1S/C14H16FNO3S2/c15-10-1-3-12(4-2-10)21-9-13(17)16-5-6-20-8-11(16)7-14(18)19/h1-4,11H,5-9H2,(H,18,19). The predicted octanol–water partition coefficient (Wildman–Crippen LogP) is 2.34. The highest BCUT2D eigenvalue weighted by atomic mass is 32.2. The Balaban J connectivity index is 1.91. The summed E-state index contributed by atoms with van der Waals surface area (Å²) in [6.07, 6.45) is -0.0139. The molecule has 4 nitrogen and oxygen atoms in total. The monoisotopic (exact) mass is 329 g/mol. The lowest BCUT2D eigenvalue weighted by atomic mass is 10.2. The zero-order valence-electron chi connectivity index (χ0n) is 11.3. The van der Waals surface area contributed by atoms with Gasteiger partial charge in [0.25, 0.3) is 0 Å². The van der Waals surface area contributed by atoms with Crippen LogP contribution in [-0.4, -0.2) is 51.7 Å². The lowest BCUT2D eigenvalue weighted by molar-refractivity contribution is -0.139. The Morgan fingerprint density at radius 1 is 1.38 bits per heavy atom. The van der Waals surface area contributed by atoms with Crippen LogP contribution >= 0.6 is 23.5 Å². The third-order valence-corrected chi connectivity index (χ3v) is 5.22. The van der Waals surface area contributed by atoms with Crippen molar-refractivity contribution in [2.24, 2.45) is 0 Å². The molecular formula is C14H16FNO3S2. The molecule has 1 aromatic rings. The number of nitrogens with zero attached hydrogens (tertiary/aromatic N) is 1. The maximum atomic E-state index is 12.8. The fraction of sp³-hybridized carbons (Fsp3) is 0.429. The Hall–Kier alpha value is -1.21. The van der Waals surface area contributed by atoms with Crippen molar-refractivity contribution >= 4 is 35.4 Å². The number of halogens is 1. The summed E-state index contributed by atoms with van der Waals surface area (Å²) in [7, 11) is 0. The van der Waals surface area contributed by atoms with Crippen LogP contribution in [-0.2, 0) is 9.59 Å². The maximum absolute atomic E-state index is 12.8. The Morgan fingerprint density at radius 2 is 2.10 bits per heavy atom. The van der Waals surface area contributed by atoms with Crippen LogP contribution < -0.4 is 0 Å². The van der Waals surface area contributed by atoms with E-state index in [9.17, 15) is 14.0 Å². The molecule has 114 valence electrons. The molecular weight excluding hydrogens is 313 g/mol. The van der Waals surface area contributed by atoms with Crippen LogP contribution in [0.2, 0.25) is 0 Å². The van der Waals surface area contributed by atoms with Gasteiger partial charge in [0, 0.05) is 22.9 Å². The van der Waals surface area contributed by atoms with E-state index in [2.05, 4.69) is 0 Å². The second-order valence-corrected chi connectivity index (χ2v) is 6.85. The molecule has 0 aromatic heterocycles. The molecule has 1 N–H and O–H groups in total. The van der Waals surface area contributed by atoms with Crippen LogP contribution in [0.25, 0.3) is 0 Å². The number of carboxylic acids is 1. The maximum Gasteiger partial charge on any atom is 0.305 e. The molecule has 1 aliphatic heterocycles. The Morgan fingerprint density at radius 3 is 2.76 bits per heavy atom. The van der Waals surface area contributed by atoms with E-state index in [0.29, 0.717) is 12.3 Å². The first-order valence-corrected chi connectivity index (χ1v) is 8.67. The van der Waals surface area contributed by atoms with Crippen molar-refractivity contribution in [3.05, 3.63) is 30.1 Å². The number of aliphatic carboxylic acids is 1.